The molecule has 2 nitrogen and oxygen atoms in total. The summed E-state index contributed by atoms with van der Waals surface area (Å²) in [7, 11) is 0. The number of carbonyl (C=O) groups is 1. The van der Waals surface area contributed by atoms with Crippen molar-refractivity contribution in [2.45, 2.75) is 45.1 Å². The summed E-state index contributed by atoms with van der Waals surface area (Å²) in [6.07, 6.45) is 4.82. The lowest BCUT2D eigenvalue weighted by molar-refractivity contribution is 0.0987. The van der Waals surface area contributed by atoms with E-state index in [1.807, 2.05) is 0 Å². The monoisotopic (exact) mass is 236 g/mol. The lowest BCUT2D eigenvalue weighted by Gasteiger charge is -2.13. The van der Waals surface area contributed by atoms with Gasteiger partial charge in [0.05, 0.1) is 6.10 Å². The molecule has 1 aromatic rings. The summed E-state index contributed by atoms with van der Waals surface area (Å²) in [6.45, 7) is 1.77. The number of carbonyl (C=O) groups excluding carboxylic acids is 1. The predicted molar refractivity (Wildman–Crippen MR) is 63.9 cm³/mol. The highest BCUT2D eigenvalue weighted by Crippen LogP contribution is 2.26. The molecule has 1 aliphatic carbocycles. The molecule has 0 bridgehead atoms. The van der Waals surface area contributed by atoms with Gasteiger partial charge in [-0.05, 0) is 43.9 Å². The second-order valence-corrected chi connectivity index (χ2v) is 4.45. The Balaban J connectivity index is 2.10. The second-order valence-electron chi connectivity index (χ2n) is 4.45. The quantitative estimate of drug-likeness (QED) is 0.744. The van der Waals surface area contributed by atoms with E-state index in [4.69, 9.17) is 4.74 Å². The number of hydrogen-bond donors (Lipinski definition) is 0. The Morgan fingerprint density at radius 2 is 2.12 bits per heavy atom. The Morgan fingerprint density at radius 3 is 2.71 bits per heavy atom. The van der Waals surface area contributed by atoms with Crippen LogP contribution in [-0.2, 0) is 0 Å². The van der Waals surface area contributed by atoms with Gasteiger partial charge >= 0.3 is 0 Å². The van der Waals surface area contributed by atoms with Crippen molar-refractivity contribution in [3.8, 4) is 5.75 Å². The molecule has 1 saturated carbocycles. The van der Waals surface area contributed by atoms with Gasteiger partial charge in [-0.25, -0.2) is 4.39 Å². The van der Waals surface area contributed by atoms with Gasteiger partial charge < -0.3 is 4.74 Å². The van der Waals surface area contributed by atoms with E-state index >= 15 is 0 Å². The Labute approximate surface area is 101 Å². The number of Topliss-reactive ketones (excluding diaryl/α,β-unsaturated/α-hetero) is 1. The largest absolute Gasteiger partial charge is 0.487 e. The zero-order valence-electron chi connectivity index (χ0n) is 10.0. The Hall–Kier alpha value is -1.38. The van der Waals surface area contributed by atoms with Crippen LogP contribution in [-0.4, -0.2) is 11.9 Å². The van der Waals surface area contributed by atoms with Crippen LogP contribution in [0, 0.1) is 5.82 Å². The average Bonchev–Trinajstić information content (AvgIpc) is 2.83. The number of hydrogen-bond acceptors (Lipinski definition) is 2. The van der Waals surface area contributed by atoms with Gasteiger partial charge in [-0.15, -0.1) is 0 Å². The van der Waals surface area contributed by atoms with Crippen molar-refractivity contribution in [2.24, 2.45) is 0 Å². The summed E-state index contributed by atoms with van der Waals surface area (Å²) in [5.41, 5.74) is 0.420. The van der Waals surface area contributed by atoms with Crippen molar-refractivity contribution in [1.82, 2.24) is 0 Å². The maximum Gasteiger partial charge on any atom is 0.165 e. The van der Waals surface area contributed by atoms with Crippen molar-refractivity contribution in [3.05, 3.63) is 29.6 Å². The molecule has 0 saturated heterocycles. The standard InChI is InChI=1S/C14H17FO2/c1-2-13(16)10-7-8-14(12(15)9-10)17-11-5-3-4-6-11/h7-9,11H,2-6H2,1H3. The van der Waals surface area contributed by atoms with Gasteiger partial charge in [0.15, 0.2) is 17.3 Å². The molecule has 0 N–H and O–H groups in total. The van der Waals surface area contributed by atoms with Crippen LogP contribution in [0.15, 0.2) is 18.2 Å². The average molecular weight is 236 g/mol. The van der Waals surface area contributed by atoms with E-state index < -0.39 is 5.82 Å². The van der Waals surface area contributed by atoms with E-state index in [1.165, 1.54) is 6.07 Å². The van der Waals surface area contributed by atoms with Gasteiger partial charge in [0.2, 0.25) is 0 Å². The van der Waals surface area contributed by atoms with Crippen LogP contribution in [0.1, 0.15) is 49.4 Å². The van der Waals surface area contributed by atoms with E-state index in [9.17, 15) is 9.18 Å². The van der Waals surface area contributed by atoms with Crippen LogP contribution in [0.4, 0.5) is 4.39 Å². The SMILES string of the molecule is CCC(=O)c1ccc(OC2CCCC2)c(F)c1. The van der Waals surface area contributed by atoms with Crippen LogP contribution in [0.2, 0.25) is 0 Å². The topological polar surface area (TPSA) is 26.3 Å². The Kier molecular flexibility index (Phi) is 3.77. The third-order valence-electron chi connectivity index (χ3n) is 3.17. The van der Waals surface area contributed by atoms with Gasteiger partial charge in [-0.1, -0.05) is 6.92 Å². The number of benzene rings is 1. The van der Waals surface area contributed by atoms with Crippen LogP contribution >= 0.6 is 0 Å². The van der Waals surface area contributed by atoms with Gasteiger partial charge in [0.25, 0.3) is 0 Å². The molecule has 0 atom stereocenters. The van der Waals surface area contributed by atoms with Crippen molar-refractivity contribution in [3.63, 3.8) is 0 Å². The summed E-state index contributed by atoms with van der Waals surface area (Å²) >= 11 is 0. The summed E-state index contributed by atoms with van der Waals surface area (Å²) in [4.78, 5) is 11.4. The highest BCUT2D eigenvalue weighted by atomic mass is 19.1. The molecule has 3 heteroatoms. The number of ether oxygens (including phenoxy) is 1. The maximum atomic E-state index is 13.7. The molecule has 17 heavy (non-hydrogen) atoms. The number of ketones is 1. The van der Waals surface area contributed by atoms with E-state index in [-0.39, 0.29) is 17.6 Å². The third-order valence-corrected chi connectivity index (χ3v) is 3.17. The third kappa shape index (κ3) is 2.84. The summed E-state index contributed by atoms with van der Waals surface area (Å²) in [5.74, 6) is -0.211. The second kappa shape index (κ2) is 5.30. The Morgan fingerprint density at radius 1 is 1.41 bits per heavy atom. The predicted octanol–water partition coefficient (Wildman–Crippen LogP) is 3.74. The van der Waals surface area contributed by atoms with Crippen molar-refractivity contribution in [1.29, 1.82) is 0 Å². The fourth-order valence-electron chi connectivity index (χ4n) is 2.16. The van der Waals surface area contributed by atoms with Crippen LogP contribution in [0.5, 0.6) is 5.75 Å². The summed E-state index contributed by atoms with van der Waals surface area (Å²) < 4.78 is 19.3. The highest BCUT2D eigenvalue weighted by Gasteiger charge is 2.18. The van der Waals surface area contributed by atoms with E-state index in [0.29, 0.717) is 12.0 Å². The van der Waals surface area contributed by atoms with E-state index in [2.05, 4.69) is 0 Å². The van der Waals surface area contributed by atoms with Gasteiger partial charge in [-0.3, -0.25) is 4.79 Å². The Bertz CT molecular complexity index is 409. The van der Waals surface area contributed by atoms with E-state index in [0.717, 1.165) is 25.7 Å². The molecule has 0 spiro atoms. The zero-order chi connectivity index (χ0) is 12.3. The van der Waals surface area contributed by atoms with Gasteiger partial charge in [-0.2, -0.15) is 0 Å². The molecule has 0 unspecified atom stereocenters. The minimum Gasteiger partial charge on any atom is -0.487 e. The van der Waals surface area contributed by atoms with Crippen LogP contribution in [0.25, 0.3) is 0 Å². The van der Waals surface area contributed by atoms with Gasteiger partial charge in [0.1, 0.15) is 0 Å². The molecule has 2 rings (SSSR count). The molecular weight excluding hydrogens is 219 g/mol. The molecule has 1 fully saturated rings. The summed E-state index contributed by atoms with van der Waals surface area (Å²) in [5, 5.41) is 0. The minimum atomic E-state index is -0.434. The molecule has 0 amide bonds. The molecule has 92 valence electrons. The zero-order valence-corrected chi connectivity index (χ0v) is 10.0. The number of halogens is 1. The highest BCUT2D eigenvalue weighted by molar-refractivity contribution is 5.95. The normalized spacial score (nSPS) is 16.1. The van der Waals surface area contributed by atoms with Crippen LogP contribution < -0.4 is 4.74 Å². The van der Waals surface area contributed by atoms with Crippen molar-refractivity contribution >= 4 is 5.78 Å². The van der Waals surface area contributed by atoms with Crippen molar-refractivity contribution < 1.29 is 13.9 Å². The molecule has 1 aromatic carbocycles. The first-order valence-electron chi connectivity index (χ1n) is 6.20. The molecular formula is C14H17FO2. The number of rotatable bonds is 4. The first-order valence-corrected chi connectivity index (χ1v) is 6.20. The fraction of sp³-hybridized carbons (Fsp3) is 0.500. The fourth-order valence-corrected chi connectivity index (χ4v) is 2.16. The molecule has 0 radical (unpaired) electrons. The van der Waals surface area contributed by atoms with E-state index in [1.54, 1.807) is 19.1 Å². The first kappa shape index (κ1) is 12.1. The van der Waals surface area contributed by atoms with Gasteiger partial charge in [0, 0.05) is 12.0 Å². The molecule has 0 aromatic heterocycles. The van der Waals surface area contributed by atoms with Crippen molar-refractivity contribution in [2.75, 3.05) is 0 Å². The van der Waals surface area contributed by atoms with Crippen LogP contribution in [0.3, 0.4) is 0 Å². The lowest BCUT2D eigenvalue weighted by atomic mass is 10.1. The smallest absolute Gasteiger partial charge is 0.165 e. The first-order chi connectivity index (χ1) is 8.20. The minimum absolute atomic E-state index is 0.0451. The maximum absolute atomic E-state index is 13.7. The lowest BCUT2D eigenvalue weighted by Crippen LogP contribution is -2.12. The summed E-state index contributed by atoms with van der Waals surface area (Å²) in [6, 6.07) is 4.48. The molecule has 1 aliphatic rings. The molecule has 0 heterocycles. The molecule has 0 aliphatic heterocycles.